The van der Waals surface area contributed by atoms with Crippen LogP contribution in [-0.2, 0) is 15.7 Å². The van der Waals surface area contributed by atoms with E-state index in [1.807, 2.05) is 6.92 Å². The first-order valence-electron chi connectivity index (χ1n) is 7.49. The van der Waals surface area contributed by atoms with Crippen LogP contribution in [0.1, 0.15) is 21.5 Å². The zero-order chi connectivity index (χ0) is 19.3. The van der Waals surface area contributed by atoms with Crippen LogP contribution in [-0.4, -0.2) is 25.6 Å². The Bertz CT molecular complexity index is 801. The number of alkyl halides is 3. The van der Waals surface area contributed by atoms with Crippen molar-refractivity contribution >= 4 is 17.6 Å². The highest BCUT2D eigenvalue weighted by Gasteiger charge is 2.30. The minimum Gasteiger partial charge on any atom is -0.496 e. The van der Waals surface area contributed by atoms with Crippen LogP contribution in [0.25, 0.3) is 0 Å². The minimum absolute atomic E-state index is 0.163. The summed E-state index contributed by atoms with van der Waals surface area (Å²) in [6.45, 7) is 1.24. The van der Waals surface area contributed by atoms with Gasteiger partial charge >= 0.3 is 12.1 Å². The maximum atomic E-state index is 12.5. The molecule has 1 N–H and O–H groups in total. The summed E-state index contributed by atoms with van der Waals surface area (Å²) < 4.78 is 47.4. The van der Waals surface area contributed by atoms with E-state index in [2.05, 4.69) is 5.32 Å². The van der Waals surface area contributed by atoms with E-state index in [4.69, 9.17) is 9.47 Å². The zero-order valence-electron chi connectivity index (χ0n) is 14.0. The quantitative estimate of drug-likeness (QED) is 0.816. The lowest BCUT2D eigenvalue weighted by molar-refractivity contribution is -0.137. The van der Waals surface area contributed by atoms with Gasteiger partial charge in [-0.05, 0) is 48.9 Å². The van der Waals surface area contributed by atoms with Gasteiger partial charge in [0.05, 0.1) is 18.2 Å². The zero-order valence-corrected chi connectivity index (χ0v) is 14.0. The lowest BCUT2D eigenvalue weighted by atomic mass is 10.1. The van der Waals surface area contributed by atoms with Crippen molar-refractivity contribution < 1.29 is 32.2 Å². The number of hydrogen-bond acceptors (Lipinski definition) is 4. The average molecular weight is 367 g/mol. The third kappa shape index (κ3) is 4.98. The molecule has 0 heterocycles. The molecule has 8 heteroatoms. The molecule has 5 nitrogen and oxygen atoms in total. The number of anilines is 1. The molecule has 2 aromatic rings. The number of carbonyl (C=O) groups is 2. The van der Waals surface area contributed by atoms with Crippen molar-refractivity contribution in [2.24, 2.45) is 0 Å². The van der Waals surface area contributed by atoms with E-state index in [0.29, 0.717) is 5.75 Å². The van der Waals surface area contributed by atoms with Gasteiger partial charge in [0.25, 0.3) is 5.91 Å². The Morgan fingerprint density at radius 2 is 1.73 bits per heavy atom. The second kappa shape index (κ2) is 7.90. The van der Waals surface area contributed by atoms with Gasteiger partial charge in [-0.25, -0.2) is 4.79 Å². The Hall–Kier alpha value is -3.03. The highest BCUT2D eigenvalue weighted by molar-refractivity contribution is 5.95. The van der Waals surface area contributed by atoms with Gasteiger partial charge in [-0.1, -0.05) is 6.07 Å². The van der Waals surface area contributed by atoms with E-state index in [0.717, 1.165) is 29.8 Å². The minimum atomic E-state index is -4.45. The van der Waals surface area contributed by atoms with Gasteiger partial charge in [-0.3, -0.25) is 4.79 Å². The molecule has 0 radical (unpaired) electrons. The van der Waals surface area contributed by atoms with Crippen molar-refractivity contribution in [2.75, 3.05) is 19.0 Å². The summed E-state index contributed by atoms with van der Waals surface area (Å²) in [5.74, 6) is -0.878. The van der Waals surface area contributed by atoms with Gasteiger partial charge in [0.1, 0.15) is 5.75 Å². The van der Waals surface area contributed by atoms with Crippen LogP contribution in [0.2, 0.25) is 0 Å². The molecule has 0 aliphatic rings. The molecule has 0 aromatic heterocycles. The molecular weight excluding hydrogens is 351 g/mol. The first-order chi connectivity index (χ1) is 12.2. The number of esters is 1. The Labute approximate surface area is 147 Å². The van der Waals surface area contributed by atoms with Gasteiger partial charge in [-0.15, -0.1) is 0 Å². The maximum absolute atomic E-state index is 12.5. The SMILES string of the molecule is COc1cc(C(=O)OCC(=O)Nc2ccc(C(F)(F)F)cc2)ccc1C. The highest BCUT2D eigenvalue weighted by atomic mass is 19.4. The summed E-state index contributed by atoms with van der Waals surface area (Å²) in [5, 5.41) is 2.35. The van der Waals surface area contributed by atoms with Gasteiger partial charge in [0.2, 0.25) is 0 Å². The van der Waals surface area contributed by atoms with Crippen LogP contribution in [0.15, 0.2) is 42.5 Å². The normalized spacial score (nSPS) is 11.0. The van der Waals surface area contributed by atoms with Gasteiger partial charge in [-0.2, -0.15) is 13.2 Å². The fourth-order valence-corrected chi connectivity index (χ4v) is 2.10. The summed E-state index contributed by atoms with van der Waals surface area (Å²) >= 11 is 0. The molecule has 26 heavy (non-hydrogen) atoms. The Morgan fingerprint density at radius 1 is 1.08 bits per heavy atom. The summed E-state index contributed by atoms with van der Waals surface area (Å²) in [6, 6.07) is 8.64. The standard InChI is InChI=1S/C18H16F3NO4/c1-11-3-4-12(9-15(11)25-2)17(24)26-10-16(23)22-14-7-5-13(6-8-14)18(19,20)21/h3-9H,10H2,1-2H3,(H,22,23). The first-order valence-corrected chi connectivity index (χ1v) is 7.49. The predicted octanol–water partition coefficient (Wildman–Crippen LogP) is 3.82. The van der Waals surface area contributed by atoms with Crippen molar-refractivity contribution in [3.05, 3.63) is 59.2 Å². The smallest absolute Gasteiger partial charge is 0.416 e. The molecule has 138 valence electrons. The molecule has 0 unspecified atom stereocenters. The number of rotatable bonds is 5. The van der Waals surface area contributed by atoms with Crippen molar-refractivity contribution in [2.45, 2.75) is 13.1 Å². The molecule has 0 bridgehead atoms. The number of aryl methyl sites for hydroxylation is 1. The van der Waals surface area contributed by atoms with Crippen molar-refractivity contribution in [1.82, 2.24) is 0 Å². The van der Waals surface area contributed by atoms with Gasteiger partial charge < -0.3 is 14.8 Å². The second-order valence-electron chi connectivity index (χ2n) is 5.38. The van der Waals surface area contributed by atoms with E-state index in [-0.39, 0.29) is 11.3 Å². The van der Waals surface area contributed by atoms with Crippen molar-refractivity contribution in [3.8, 4) is 5.75 Å². The summed E-state index contributed by atoms with van der Waals surface area (Å²) in [6.07, 6.45) is -4.45. The molecule has 0 aliphatic heterocycles. The fourth-order valence-electron chi connectivity index (χ4n) is 2.10. The summed E-state index contributed by atoms with van der Waals surface area (Å²) in [4.78, 5) is 23.7. The lowest BCUT2D eigenvalue weighted by Gasteiger charge is -2.10. The van der Waals surface area contributed by atoms with Gasteiger partial charge in [0, 0.05) is 5.69 Å². The van der Waals surface area contributed by atoms with E-state index in [1.54, 1.807) is 6.07 Å². The molecule has 2 aromatic carbocycles. The molecule has 0 aliphatic carbocycles. The number of methoxy groups -OCH3 is 1. The number of ether oxygens (including phenoxy) is 2. The number of benzene rings is 2. The van der Waals surface area contributed by atoms with Crippen LogP contribution in [0.3, 0.4) is 0 Å². The molecule has 0 saturated carbocycles. The van der Waals surface area contributed by atoms with Crippen molar-refractivity contribution in [3.63, 3.8) is 0 Å². The van der Waals surface area contributed by atoms with E-state index in [9.17, 15) is 22.8 Å². The third-order valence-corrected chi connectivity index (χ3v) is 3.47. The second-order valence-corrected chi connectivity index (χ2v) is 5.38. The summed E-state index contributed by atoms with van der Waals surface area (Å²) in [7, 11) is 1.47. The Balaban J connectivity index is 1.91. The molecular formula is C18H16F3NO4. The number of halogens is 3. The first kappa shape index (κ1) is 19.3. The van der Waals surface area contributed by atoms with Crippen LogP contribution in [0, 0.1) is 6.92 Å². The van der Waals surface area contributed by atoms with E-state index >= 15 is 0 Å². The number of hydrogen-bond donors (Lipinski definition) is 1. The fraction of sp³-hybridized carbons (Fsp3) is 0.222. The molecule has 0 saturated heterocycles. The monoisotopic (exact) mass is 367 g/mol. The maximum Gasteiger partial charge on any atom is 0.416 e. The molecule has 2 rings (SSSR count). The largest absolute Gasteiger partial charge is 0.496 e. The number of amides is 1. The lowest BCUT2D eigenvalue weighted by Crippen LogP contribution is -2.21. The van der Waals surface area contributed by atoms with Crippen molar-refractivity contribution in [1.29, 1.82) is 0 Å². The van der Waals surface area contributed by atoms with Crippen LogP contribution in [0.4, 0.5) is 18.9 Å². The topological polar surface area (TPSA) is 64.6 Å². The molecule has 0 atom stereocenters. The highest BCUT2D eigenvalue weighted by Crippen LogP contribution is 2.29. The number of carbonyl (C=O) groups excluding carboxylic acids is 2. The summed E-state index contributed by atoms with van der Waals surface area (Å²) in [5.41, 5.74) is 0.394. The molecule has 0 fully saturated rings. The van der Waals surface area contributed by atoms with E-state index < -0.39 is 30.2 Å². The van der Waals surface area contributed by atoms with Gasteiger partial charge in [0.15, 0.2) is 6.61 Å². The van der Waals surface area contributed by atoms with Crippen LogP contribution >= 0.6 is 0 Å². The number of nitrogens with one attached hydrogen (secondary N) is 1. The van der Waals surface area contributed by atoms with E-state index in [1.165, 1.54) is 19.2 Å². The molecule has 1 amide bonds. The third-order valence-electron chi connectivity index (χ3n) is 3.47. The average Bonchev–Trinajstić information content (AvgIpc) is 2.59. The Morgan fingerprint density at radius 3 is 2.31 bits per heavy atom. The van der Waals surface area contributed by atoms with Crippen LogP contribution < -0.4 is 10.1 Å². The Kier molecular flexibility index (Phi) is 5.86. The molecule has 0 spiro atoms. The predicted molar refractivity (Wildman–Crippen MR) is 88.1 cm³/mol. The van der Waals surface area contributed by atoms with Crippen LogP contribution in [0.5, 0.6) is 5.75 Å².